The van der Waals surface area contributed by atoms with E-state index in [9.17, 15) is 9.59 Å². The maximum atomic E-state index is 12.6. The first-order valence-electron chi connectivity index (χ1n) is 8.13. The normalized spacial score (nSPS) is 17.4. The number of aromatic nitrogens is 2. The van der Waals surface area contributed by atoms with E-state index in [0.717, 1.165) is 43.6 Å². The molecule has 1 saturated carbocycles. The van der Waals surface area contributed by atoms with E-state index in [2.05, 4.69) is 10.3 Å². The van der Waals surface area contributed by atoms with Gasteiger partial charge < -0.3 is 11.1 Å². The van der Waals surface area contributed by atoms with Crippen molar-refractivity contribution in [3.8, 4) is 0 Å². The van der Waals surface area contributed by atoms with Crippen LogP contribution >= 0.6 is 23.7 Å². The van der Waals surface area contributed by atoms with Gasteiger partial charge in [0.05, 0.1) is 10.3 Å². The number of fused-ring (bicyclic) bond motifs is 2. The number of thiophene rings is 1. The summed E-state index contributed by atoms with van der Waals surface area (Å²) in [6, 6.07) is 0.0289. The van der Waals surface area contributed by atoms with Crippen molar-refractivity contribution in [1.82, 2.24) is 14.9 Å². The topological polar surface area (TPSA) is 90.0 Å². The molecular weight excluding hydrogens is 348 g/mol. The summed E-state index contributed by atoms with van der Waals surface area (Å²) in [6.45, 7) is 3.05. The van der Waals surface area contributed by atoms with Crippen molar-refractivity contribution in [2.75, 3.05) is 6.54 Å². The third-order valence-corrected chi connectivity index (χ3v) is 6.03. The van der Waals surface area contributed by atoms with Gasteiger partial charge in [-0.3, -0.25) is 14.2 Å². The molecule has 0 saturated heterocycles. The molecule has 1 fully saturated rings. The maximum Gasteiger partial charge on any atom is 0.262 e. The Balaban J connectivity index is 0.00000169. The van der Waals surface area contributed by atoms with Crippen LogP contribution in [-0.4, -0.2) is 28.0 Å². The Hall–Kier alpha value is -1.44. The SMILES string of the molecule is Cc1c(C(=O)NCC(N)C2CC2)sc2nc3n(c(=O)c12)CCC3.Cl. The van der Waals surface area contributed by atoms with Gasteiger partial charge in [-0.2, -0.15) is 0 Å². The van der Waals surface area contributed by atoms with Crippen LogP contribution in [0.1, 0.15) is 40.3 Å². The molecule has 24 heavy (non-hydrogen) atoms. The predicted molar refractivity (Wildman–Crippen MR) is 97.2 cm³/mol. The van der Waals surface area contributed by atoms with E-state index in [1.165, 1.54) is 11.3 Å². The first-order chi connectivity index (χ1) is 11.1. The third kappa shape index (κ3) is 2.85. The molecule has 3 heterocycles. The Morgan fingerprint density at radius 1 is 1.50 bits per heavy atom. The van der Waals surface area contributed by atoms with Gasteiger partial charge >= 0.3 is 0 Å². The largest absolute Gasteiger partial charge is 0.350 e. The number of carbonyl (C=O) groups excluding carboxylic acids is 1. The highest BCUT2D eigenvalue weighted by Gasteiger charge is 2.29. The second-order valence-electron chi connectivity index (χ2n) is 6.54. The van der Waals surface area contributed by atoms with Crippen molar-refractivity contribution >= 4 is 39.9 Å². The van der Waals surface area contributed by atoms with Crippen molar-refractivity contribution in [3.63, 3.8) is 0 Å². The lowest BCUT2D eigenvalue weighted by atomic mass is 10.2. The smallest absolute Gasteiger partial charge is 0.262 e. The minimum absolute atomic E-state index is 0. The van der Waals surface area contributed by atoms with Gasteiger partial charge in [-0.25, -0.2) is 4.98 Å². The van der Waals surface area contributed by atoms with Crippen molar-refractivity contribution in [3.05, 3.63) is 26.6 Å². The Kier molecular flexibility index (Phi) is 4.68. The molecule has 2 aliphatic rings. The minimum Gasteiger partial charge on any atom is -0.350 e. The lowest BCUT2D eigenvalue weighted by molar-refractivity contribution is 0.0954. The fourth-order valence-corrected chi connectivity index (χ4v) is 4.38. The summed E-state index contributed by atoms with van der Waals surface area (Å²) in [7, 11) is 0. The van der Waals surface area contributed by atoms with Crippen LogP contribution in [0.4, 0.5) is 0 Å². The fraction of sp³-hybridized carbons (Fsp3) is 0.562. The van der Waals surface area contributed by atoms with Gasteiger partial charge in [0.25, 0.3) is 11.5 Å². The van der Waals surface area contributed by atoms with E-state index in [1.54, 1.807) is 4.57 Å². The average molecular weight is 369 g/mol. The van der Waals surface area contributed by atoms with Crippen molar-refractivity contribution in [2.45, 2.75) is 45.2 Å². The van der Waals surface area contributed by atoms with Gasteiger partial charge in [-0.05, 0) is 37.7 Å². The van der Waals surface area contributed by atoms with Crippen LogP contribution in [-0.2, 0) is 13.0 Å². The molecule has 1 aliphatic heterocycles. The molecule has 2 aromatic heterocycles. The molecular formula is C16H21ClN4O2S. The zero-order valence-corrected chi connectivity index (χ0v) is 15.1. The van der Waals surface area contributed by atoms with E-state index in [-0.39, 0.29) is 29.9 Å². The number of hydrogen-bond donors (Lipinski definition) is 2. The number of amides is 1. The van der Waals surface area contributed by atoms with Crippen molar-refractivity contribution in [1.29, 1.82) is 0 Å². The summed E-state index contributed by atoms with van der Waals surface area (Å²) in [5, 5.41) is 3.50. The number of rotatable bonds is 4. The molecule has 3 N–H and O–H groups in total. The molecule has 2 aromatic rings. The number of hydrogen-bond acceptors (Lipinski definition) is 5. The molecule has 0 bridgehead atoms. The van der Waals surface area contributed by atoms with Crippen LogP contribution in [0, 0.1) is 12.8 Å². The molecule has 1 aliphatic carbocycles. The summed E-state index contributed by atoms with van der Waals surface area (Å²) in [5.41, 5.74) is 6.76. The summed E-state index contributed by atoms with van der Waals surface area (Å²) in [4.78, 5) is 30.9. The molecule has 4 rings (SSSR count). The van der Waals surface area contributed by atoms with Crippen molar-refractivity contribution in [2.24, 2.45) is 11.7 Å². The highest BCUT2D eigenvalue weighted by Crippen LogP contribution is 2.31. The van der Waals surface area contributed by atoms with Gasteiger partial charge in [0.15, 0.2) is 0 Å². The average Bonchev–Trinajstić information content (AvgIpc) is 3.19. The van der Waals surface area contributed by atoms with Crippen LogP contribution in [0.5, 0.6) is 0 Å². The van der Waals surface area contributed by atoms with Crippen LogP contribution in [0.3, 0.4) is 0 Å². The molecule has 1 unspecified atom stereocenters. The second kappa shape index (κ2) is 6.46. The Morgan fingerprint density at radius 3 is 2.96 bits per heavy atom. The Morgan fingerprint density at radius 2 is 2.25 bits per heavy atom. The molecule has 130 valence electrons. The number of nitrogens with two attached hydrogens (primary N) is 1. The maximum absolute atomic E-state index is 12.6. The summed E-state index contributed by atoms with van der Waals surface area (Å²) in [5.74, 6) is 1.24. The zero-order valence-electron chi connectivity index (χ0n) is 13.5. The van der Waals surface area contributed by atoms with E-state index in [0.29, 0.717) is 27.6 Å². The first-order valence-corrected chi connectivity index (χ1v) is 8.94. The van der Waals surface area contributed by atoms with E-state index >= 15 is 0 Å². The van der Waals surface area contributed by atoms with Crippen LogP contribution in [0.2, 0.25) is 0 Å². The lowest BCUT2D eigenvalue weighted by Gasteiger charge is -2.11. The van der Waals surface area contributed by atoms with E-state index in [4.69, 9.17) is 5.73 Å². The quantitative estimate of drug-likeness (QED) is 0.857. The second-order valence-corrected chi connectivity index (χ2v) is 7.54. The molecule has 8 heteroatoms. The zero-order chi connectivity index (χ0) is 16.1. The van der Waals surface area contributed by atoms with Gasteiger partial charge in [0.2, 0.25) is 0 Å². The van der Waals surface area contributed by atoms with E-state index in [1.807, 2.05) is 6.92 Å². The Labute approximate surface area is 149 Å². The Bertz CT molecular complexity index is 856. The molecule has 0 spiro atoms. The van der Waals surface area contributed by atoms with Gasteiger partial charge in [0.1, 0.15) is 10.7 Å². The van der Waals surface area contributed by atoms with Crippen LogP contribution in [0.25, 0.3) is 10.2 Å². The first kappa shape index (κ1) is 17.4. The minimum atomic E-state index is -0.147. The van der Waals surface area contributed by atoms with E-state index < -0.39 is 0 Å². The number of carbonyl (C=O) groups is 1. The molecule has 1 atom stereocenters. The summed E-state index contributed by atoms with van der Waals surface area (Å²) < 4.78 is 1.74. The van der Waals surface area contributed by atoms with Crippen LogP contribution in [0.15, 0.2) is 4.79 Å². The fourth-order valence-electron chi connectivity index (χ4n) is 3.27. The predicted octanol–water partition coefficient (Wildman–Crippen LogP) is 1.60. The van der Waals surface area contributed by atoms with Gasteiger partial charge in [0, 0.05) is 25.6 Å². The number of nitrogens with zero attached hydrogens (tertiary/aromatic N) is 2. The van der Waals surface area contributed by atoms with Gasteiger partial charge in [-0.1, -0.05) is 0 Å². The third-order valence-electron chi connectivity index (χ3n) is 4.84. The van der Waals surface area contributed by atoms with Crippen LogP contribution < -0.4 is 16.6 Å². The molecule has 0 aromatic carbocycles. The van der Waals surface area contributed by atoms with Crippen molar-refractivity contribution < 1.29 is 4.79 Å². The molecule has 6 nitrogen and oxygen atoms in total. The van der Waals surface area contributed by atoms with Gasteiger partial charge in [-0.15, -0.1) is 23.7 Å². The summed E-state index contributed by atoms with van der Waals surface area (Å²) in [6.07, 6.45) is 4.11. The lowest BCUT2D eigenvalue weighted by Crippen LogP contribution is -2.38. The standard InChI is InChI=1S/C16H20N4O2S.ClH/c1-8-12-15(19-11-3-2-6-20(11)16(12)22)23-13(8)14(21)18-7-10(17)9-4-5-9;/h9-10H,2-7,17H2,1H3,(H,18,21);1H. The highest BCUT2D eigenvalue weighted by molar-refractivity contribution is 7.20. The number of halogens is 1. The highest BCUT2D eigenvalue weighted by atomic mass is 35.5. The molecule has 1 amide bonds. The number of nitrogens with one attached hydrogen (secondary N) is 1. The number of aryl methyl sites for hydroxylation is 2. The summed E-state index contributed by atoms with van der Waals surface area (Å²) >= 11 is 1.31. The molecule has 0 radical (unpaired) electrons. The monoisotopic (exact) mass is 368 g/mol.